The molecule has 0 bridgehead atoms. The molecule has 0 unspecified atom stereocenters. The first-order chi connectivity index (χ1) is 9.17. The molecule has 0 aliphatic carbocycles. The molecular weight excluding hydrogens is 251 g/mol. The third-order valence-electron chi connectivity index (χ3n) is 2.29. The number of aromatic nitrogens is 2. The van der Waals surface area contributed by atoms with Gasteiger partial charge in [0.25, 0.3) is 0 Å². The number of anilines is 1. The molecule has 0 radical (unpaired) electrons. The number of nitrogens with zero attached hydrogens (tertiary/aromatic N) is 2. The highest BCUT2D eigenvalue weighted by Gasteiger charge is 2.09. The van der Waals surface area contributed by atoms with Crippen molar-refractivity contribution < 1.29 is 13.6 Å². The van der Waals surface area contributed by atoms with Crippen LogP contribution in [0.3, 0.4) is 0 Å². The van der Waals surface area contributed by atoms with Gasteiger partial charge in [0, 0.05) is 6.54 Å². The summed E-state index contributed by atoms with van der Waals surface area (Å²) in [6, 6.07) is 5.62. The number of carbonyl (C=O) groups excluding carboxylic acids is 1. The Balaban J connectivity index is 1.97. The molecule has 0 aliphatic rings. The molecule has 19 heavy (non-hydrogen) atoms. The first kappa shape index (κ1) is 13.0. The Morgan fingerprint density at radius 3 is 2.74 bits per heavy atom. The molecule has 100 valence electrons. The van der Waals surface area contributed by atoms with Crippen molar-refractivity contribution in [1.82, 2.24) is 15.5 Å². The van der Waals surface area contributed by atoms with E-state index >= 15 is 0 Å². The third kappa shape index (κ3) is 3.77. The van der Waals surface area contributed by atoms with Crippen molar-refractivity contribution in [3.8, 4) is 0 Å². The predicted molar refractivity (Wildman–Crippen MR) is 66.2 cm³/mol. The Hall–Kier alpha value is -2.44. The maximum Gasteiger partial charge on any atom is 0.323 e. The molecule has 2 rings (SSSR count). The fourth-order valence-corrected chi connectivity index (χ4v) is 1.45. The Labute approximate surface area is 109 Å². The third-order valence-corrected chi connectivity index (χ3v) is 2.29. The van der Waals surface area contributed by atoms with Crippen molar-refractivity contribution >= 4 is 12.0 Å². The number of benzene rings is 1. The normalized spacial score (nSPS) is 10.2. The largest absolute Gasteiger partial charge is 0.407 e. The number of nitrogens with one attached hydrogen (secondary N) is 2. The molecule has 0 saturated carbocycles. The van der Waals surface area contributed by atoms with Crippen LogP contribution in [-0.4, -0.2) is 22.8 Å². The lowest BCUT2D eigenvalue weighted by atomic mass is 10.1. The van der Waals surface area contributed by atoms with Crippen molar-refractivity contribution in [2.24, 2.45) is 0 Å². The zero-order valence-electron chi connectivity index (χ0n) is 10.3. The zero-order valence-corrected chi connectivity index (χ0v) is 10.3. The molecular formula is C12H13FN4O2. The quantitative estimate of drug-likeness (QED) is 0.884. The molecule has 7 heteroatoms. The van der Waals surface area contributed by atoms with Crippen molar-refractivity contribution in [3.05, 3.63) is 41.5 Å². The molecule has 6 nitrogen and oxygen atoms in total. The predicted octanol–water partition coefficient (Wildman–Crippen LogP) is 1.94. The number of halogens is 1. The average Bonchev–Trinajstić information content (AvgIpc) is 2.80. The summed E-state index contributed by atoms with van der Waals surface area (Å²) in [5.74, 6) is 0.0475. The molecule has 1 aromatic carbocycles. The molecule has 1 heterocycles. The second-order valence-corrected chi connectivity index (χ2v) is 3.79. The number of hydrogen-bond donors (Lipinski definition) is 2. The van der Waals surface area contributed by atoms with Gasteiger partial charge in [-0.15, -0.1) is 5.10 Å². The average molecular weight is 264 g/mol. The Morgan fingerprint density at radius 1 is 1.32 bits per heavy atom. The van der Waals surface area contributed by atoms with Gasteiger partial charge in [-0.05, 0) is 24.6 Å². The topological polar surface area (TPSA) is 80.0 Å². The van der Waals surface area contributed by atoms with Crippen LogP contribution in [0.25, 0.3) is 0 Å². The van der Waals surface area contributed by atoms with E-state index in [0.717, 1.165) is 5.56 Å². The number of urea groups is 1. The molecule has 2 N–H and O–H groups in total. The SMILES string of the molecule is CCNC(=O)Nc1nnc(Cc2ccc(F)cc2)o1. The monoisotopic (exact) mass is 264 g/mol. The summed E-state index contributed by atoms with van der Waals surface area (Å²) in [5.41, 5.74) is 0.842. The minimum Gasteiger partial charge on any atom is -0.407 e. The van der Waals surface area contributed by atoms with Crippen molar-refractivity contribution in [1.29, 1.82) is 0 Å². The van der Waals surface area contributed by atoms with Crippen LogP contribution < -0.4 is 10.6 Å². The van der Waals surface area contributed by atoms with Gasteiger partial charge in [-0.1, -0.05) is 17.2 Å². The van der Waals surface area contributed by atoms with Crippen molar-refractivity contribution in [2.45, 2.75) is 13.3 Å². The van der Waals surface area contributed by atoms with E-state index < -0.39 is 6.03 Å². The molecule has 2 aromatic rings. The zero-order chi connectivity index (χ0) is 13.7. The fraction of sp³-hybridized carbons (Fsp3) is 0.250. The summed E-state index contributed by atoms with van der Waals surface area (Å²) < 4.78 is 18.0. The van der Waals surface area contributed by atoms with Crippen LogP contribution in [0.1, 0.15) is 18.4 Å². The minimum absolute atomic E-state index is 0.0306. The van der Waals surface area contributed by atoms with Gasteiger partial charge in [-0.2, -0.15) is 0 Å². The first-order valence-electron chi connectivity index (χ1n) is 5.79. The fourth-order valence-electron chi connectivity index (χ4n) is 1.45. The number of hydrogen-bond acceptors (Lipinski definition) is 4. The van der Waals surface area contributed by atoms with Gasteiger partial charge in [0.15, 0.2) is 0 Å². The van der Waals surface area contributed by atoms with Crippen LogP contribution in [0.2, 0.25) is 0 Å². The van der Waals surface area contributed by atoms with Gasteiger partial charge in [0.1, 0.15) is 5.82 Å². The number of carbonyl (C=O) groups is 1. The van der Waals surface area contributed by atoms with E-state index in [0.29, 0.717) is 18.9 Å². The molecule has 0 atom stereocenters. The molecule has 0 aliphatic heterocycles. The summed E-state index contributed by atoms with van der Waals surface area (Å²) in [4.78, 5) is 11.2. The van der Waals surface area contributed by atoms with Gasteiger partial charge < -0.3 is 9.73 Å². The first-order valence-corrected chi connectivity index (χ1v) is 5.79. The van der Waals surface area contributed by atoms with E-state index in [1.165, 1.54) is 12.1 Å². The highest BCUT2D eigenvalue weighted by molar-refractivity contribution is 5.86. The smallest absolute Gasteiger partial charge is 0.323 e. The van der Waals surface area contributed by atoms with Gasteiger partial charge in [-0.3, -0.25) is 5.32 Å². The van der Waals surface area contributed by atoms with E-state index in [2.05, 4.69) is 20.8 Å². The van der Waals surface area contributed by atoms with E-state index in [-0.39, 0.29) is 11.8 Å². The van der Waals surface area contributed by atoms with Crippen LogP contribution >= 0.6 is 0 Å². The lowest BCUT2D eigenvalue weighted by Gasteiger charge is -1.99. The van der Waals surface area contributed by atoms with E-state index in [4.69, 9.17) is 4.42 Å². The standard InChI is InChI=1S/C12H13FN4O2/c1-2-14-11(18)15-12-17-16-10(19-12)7-8-3-5-9(13)6-4-8/h3-6H,2,7H2,1H3,(H2,14,15,17,18). The summed E-state index contributed by atoms with van der Waals surface area (Å²) >= 11 is 0. The van der Waals surface area contributed by atoms with Gasteiger partial charge in [-0.25, -0.2) is 9.18 Å². The van der Waals surface area contributed by atoms with Crippen LogP contribution in [0.4, 0.5) is 15.2 Å². The minimum atomic E-state index is -0.403. The van der Waals surface area contributed by atoms with Gasteiger partial charge >= 0.3 is 12.0 Å². The van der Waals surface area contributed by atoms with Crippen LogP contribution in [-0.2, 0) is 6.42 Å². The Morgan fingerprint density at radius 2 is 2.05 bits per heavy atom. The maximum absolute atomic E-state index is 12.7. The second kappa shape index (κ2) is 5.94. The number of amides is 2. The highest BCUT2D eigenvalue weighted by Crippen LogP contribution is 2.11. The molecule has 1 aromatic heterocycles. The van der Waals surface area contributed by atoms with Crippen molar-refractivity contribution in [2.75, 3.05) is 11.9 Å². The Bertz CT molecular complexity index is 553. The summed E-state index contributed by atoms with van der Waals surface area (Å²) in [5, 5.41) is 12.4. The van der Waals surface area contributed by atoms with Crippen LogP contribution in [0.15, 0.2) is 28.7 Å². The molecule has 2 amide bonds. The van der Waals surface area contributed by atoms with Crippen LogP contribution in [0.5, 0.6) is 0 Å². The lowest BCUT2D eigenvalue weighted by molar-refractivity contribution is 0.252. The van der Waals surface area contributed by atoms with Gasteiger partial charge in [0.2, 0.25) is 5.89 Å². The van der Waals surface area contributed by atoms with Crippen molar-refractivity contribution in [3.63, 3.8) is 0 Å². The summed E-state index contributed by atoms with van der Waals surface area (Å²) in [6.45, 7) is 2.30. The Kier molecular flexibility index (Phi) is 4.07. The summed E-state index contributed by atoms with van der Waals surface area (Å²) in [6.07, 6.45) is 0.379. The van der Waals surface area contributed by atoms with E-state index in [9.17, 15) is 9.18 Å². The maximum atomic E-state index is 12.7. The lowest BCUT2D eigenvalue weighted by Crippen LogP contribution is -2.28. The van der Waals surface area contributed by atoms with Gasteiger partial charge in [0.05, 0.1) is 6.42 Å². The molecule has 0 spiro atoms. The highest BCUT2D eigenvalue weighted by atomic mass is 19.1. The van der Waals surface area contributed by atoms with E-state index in [1.807, 2.05) is 0 Å². The summed E-state index contributed by atoms with van der Waals surface area (Å²) in [7, 11) is 0. The molecule has 0 saturated heterocycles. The van der Waals surface area contributed by atoms with Crippen LogP contribution in [0, 0.1) is 5.82 Å². The molecule has 0 fully saturated rings. The second-order valence-electron chi connectivity index (χ2n) is 3.79. The van der Waals surface area contributed by atoms with E-state index in [1.54, 1.807) is 19.1 Å². The number of rotatable bonds is 4.